The molecule has 2 N–H and O–H groups in total. The van der Waals surface area contributed by atoms with Gasteiger partial charge in [-0.15, -0.1) is 5.10 Å². The van der Waals surface area contributed by atoms with Crippen molar-refractivity contribution in [3.05, 3.63) is 17.8 Å². The molecule has 0 aromatic carbocycles. The maximum atomic E-state index is 5.44. The normalized spacial score (nSPS) is 22.8. The molecule has 0 amide bonds. The Bertz CT molecular complexity index is 254. The van der Waals surface area contributed by atoms with Gasteiger partial charge in [-0.3, -0.25) is 0 Å². The maximum Gasteiger partial charge on any atom is 0.146 e. The van der Waals surface area contributed by atoms with Crippen LogP contribution in [0.4, 0.5) is 5.82 Å². The molecule has 12 heavy (non-hydrogen) atoms. The van der Waals surface area contributed by atoms with E-state index in [9.17, 15) is 0 Å². The minimum atomic E-state index is 0.502. The Morgan fingerprint density at radius 2 is 2.33 bits per heavy atom. The van der Waals surface area contributed by atoms with E-state index in [2.05, 4.69) is 10.2 Å². The number of nitrogens with zero attached hydrogens (tertiary/aromatic N) is 2. The first-order chi connectivity index (χ1) is 5.86. The number of rotatable bonds is 1. The van der Waals surface area contributed by atoms with Gasteiger partial charge in [0.05, 0.1) is 5.69 Å². The highest BCUT2D eigenvalue weighted by Crippen LogP contribution is 2.38. The van der Waals surface area contributed by atoms with E-state index in [0.717, 1.165) is 5.69 Å². The molecule has 0 bridgehead atoms. The zero-order valence-corrected chi connectivity index (χ0v) is 7.55. The third kappa shape index (κ3) is 1.53. The monoisotopic (exact) mass is 181 g/mol. The van der Waals surface area contributed by atoms with Crippen molar-refractivity contribution in [1.29, 1.82) is 0 Å². The van der Waals surface area contributed by atoms with Crippen LogP contribution in [0.5, 0.6) is 0 Å². The lowest BCUT2D eigenvalue weighted by Gasteiger charge is -2.05. The van der Waals surface area contributed by atoms with Gasteiger partial charge in [0.2, 0.25) is 0 Å². The van der Waals surface area contributed by atoms with Gasteiger partial charge in [-0.1, -0.05) is 0 Å². The number of anilines is 1. The third-order valence-corrected chi connectivity index (χ3v) is 3.37. The van der Waals surface area contributed by atoms with Crippen LogP contribution in [-0.2, 0) is 0 Å². The van der Waals surface area contributed by atoms with Crippen LogP contribution in [0.3, 0.4) is 0 Å². The topological polar surface area (TPSA) is 51.8 Å². The molecule has 1 fully saturated rings. The quantitative estimate of drug-likeness (QED) is 0.715. The molecule has 1 aromatic heterocycles. The maximum absolute atomic E-state index is 5.44. The fraction of sp³-hybridized carbons (Fsp3) is 0.500. The van der Waals surface area contributed by atoms with Crippen LogP contribution in [-0.4, -0.2) is 16.0 Å². The van der Waals surface area contributed by atoms with Crippen LogP contribution in [0.15, 0.2) is 12.1 Å². The lowest BCUT2D eigenvalue weighted by atomic mass is 10.2. The predicted molar refractivity (Wildman–Crippen MR) is 50.9 cm³/mol. The second-order valence-corrected chi connectivity index (χ2v) is 4.20. The molecule has 1 aromatic rings. The number of thioether (sulfide) groups is 1. The standard InChI is InChI=1S/C8H11N3S/c9-8-4-3-6(10-11-8)7-2-1-5-12-7/h3-4,7H,1-2,5H2,(H2,9,11). The van der Waals surface area contributed by atoms with E-state index >= 15 is 0 Å². The van der Waals surface area contributed by atoms with Gasteiger partial charge >= 0.3 is 0 Å². The average Bonchev–Trinajstić information content (AvgIpc) is 2.58. The summed E-state index contributed by atoms with van der Waals surface area (Å²) in [6.07, 6.45) is 2.52. The molecule has 0 radical (unpaired) electrons. The van der Waals surface area contributed by atoms with Gasteiger partial charge in [-0.05, 0) is 30.7 Å². The van der Waals surface area contributed by atoms with Gasteiger partial charge in [0.15, 0.2) is 0 Å². The molecule has 1 atom stereocenters. The Kier molecular flexibility index (Phi) is 2.17. The van der Waals surface area contributed by atoms with E-state index in [4.69, 9.17) is 5.73 Å². The van der Waals surface area contributed by atoms with Gasteiger partial charge in [0, 0.05) is 5.25 Å². The van der Waals surface area contributed by atoms with Gasteiger partial charge in [0.1, 0.15) is 5.82 Å². The number of hydrogen-bond donors (Lipinski definition) is 1. The third-order valence-electron chi connectivity index (χ3n) is 1.97. The van der Waals surface area contributed by atoms with Crippen molar-refractivity contribution < 1.29 is 0 Å². The highest BCUT2D eigenvalue weighted by molar-refractivity contribution is 7.99. The molecule has 64 valence electrons. The Morgan fingerprint density at radius 3 is 2.92 bits per heavy atom. The summed E-state index contributed by atoms with van der Waals surface area (Å²) in [5.74, 6) is 1.75. The summed E-state index contributed by atoms with van der Waals surface area (Å²) in [6, 6.07) is 3.80. The van der Waals surface area contributed by atoms with Gasteiger partial charge in [-0.2, -0.15) is 16.9 Å². The Labute approximate surface area is 75.8 Å². The number of aromatic nitrogens is 2. The second kappa shape index (κ2) is 3.31. The molecular weight excluding hydrogens is 170 g/mol. The average molecular weight is 181 g/mol. The molecule has 2 rings (SSSR count). The van der Waals surface area contributed by atoms with Crippen molar-refractivity contribution >= 4 is 17.6 Å². The predicted octanol–water partition coefficient (Wildman–Crippen LogP) is 1.63. The van der Waals surface area contributed by atoms with Gasteiger partial charge < -0.3 is 5.73 Å². The molecule has 3 nitrogen and oxygen atoms in total. The van der Waals surface area contributed by atoms with Crippen LogP contribution in [0.2, 0.25) is 0 Å². The van der Waals surface area contributed by atoms with E-state index in [-0.39, 0.29) is 0 Å². The number of nitrogen functional groups attached to an aromatic ring is 1. The molecule has 4 heteroatoms. The summed E-state index contributed by atoms with van der Waals surface area (Å²) in [6.45, 7) is 0. The highest BCUT2D eigenvalue weighted by Gasteiger charge is 2.18. The van der Waals surface area contributed by atoms with Crippen molar-refractivity contribution in [1.82, 2.24) is 10.2 Å². The molecule has 0 aliphatic carbocycles. The van der Waals surface area contributed by atoms with E-state index < -0.39 is 0 Å². The Balaban J connectivity index is 2.17. The first kappa shape index (κ1) is 7.86. The van der Waals surface area contributed by atoms with E-state index in [1.165, 1.54) is 18.6 Å². The SMILES string of the molecule is Nc1ccc(C2CCCS2)nn1. The Morgan fingerprint density at radius 1 is 1.42 bits per heavy atom. The van der Waals surface area contributed by atoms with Gasteiger partial charge in [-0.25, -0.2) is 0 Å². The zero-order valence-electron chi connectivity index (χ0n) is 6.73. The molecule has 1 saturated heterocycles. The van der Waals surface area contributed by atoms with Crippen LogP contribution in [0, 0.1) is 0 Å². The molecule has 2 heterocycles. The fourth-order valence-corrected chi connectivity index (χ4v) is 2.58. The summed E-state index contributed by atoms with van der Waals surface area (Å²) < 4.78 is 0. The lowest BCUT2D eigenvalue weighted by Crippen LogP contribution is -1.98. The smallest absolute Gasteiger partial charge is 0.146 e. The highest BCUT2D eigenvalue weighted by atomic mass is 32.2. The Hall–Kier alpha value is -0.770. The molecular formula is C8H11N3S. The first-order valence-corrected chi connectivity index (χ1v) is 5.12. The van der Waals surface area contributed by atoms with Crippen LogP contribution in [0.25, 0.3) is 0 Å². The minimum Gasteiger partial charge on any atom is -0.382 e. The van der Waals surface area contributed by atoms with E-state index in [0.29, 0.717) is 11.1 Å². The second-order valence-electron chi connectivity index (χ2n) is 2.88. The van der Waals surface area contributed by atoms with E-state index in [1.807, 2.05) is 23.9 Å². The van der Waals surface area contributed by atoms with Crippen LogP contribution >= 0.6 is 11.8 Å². The van der Waals surface area contributed by atoms with Crippen molar-refractivity contribution in [2.24, 2.45) is 0 Å². The van der Waals surface area contributed by atoms with E-state index in [1.54, 1.807) is 0 Å². The number of nitrogens with two attached hydrogens (primary N) is 1. The fourth-order valence-electron chi connectivity index (χ4n) is 1.34. The van der Waals surface area contributed by atoms with Crippen LogP contribution < -0.4 is 5.73 Å². The van der Waals surface area contributed by atoms with Gasteiger partial charge in [0.25, 0.3) is 0 Å². The lowest BCUT2D eigenvalue weighted by molar-refractivity contribution is 0.786. The molecule has 1 aliphatic heterocycles. The summed E-state index contributed by atoms with van der Waals surface area (Å²) in [4.78, 5) is 0. The first-order valence-electron chi connectivity index (χ1n) is 4.07. The molecule has 0 spiro atoms. The zero-order chi connectivity index (χ0) is 8.39. The van der Waals surface area contributed by atoms with Crippen LogP contribution in [0.1, 0.15) is 23.8 Å². The van der Waals surface area contributed by atoms with Crippen molar-refractivity contribution in [3.63, 3.8) is 0 Å². The molecule has 1 aliphatic rings. The molecule has 0 saturated carbocycles. The minimum absolute atomic E-state index is 0.502. The number of hydrogen-bond acceptors (Lipinski definition) is 4. The van der Waals surface area contributed by atoms with Crippen molar-refractivity contribution in [2.75, 3.05) is 11.5 Å². The summed E-state index contributed by atoms with van der Waals surface area (Å²) in [7, 11) is 0. The van der Waals surface area contributed by atoms with Crippen molar-refractivity contribution in [3.8, 4) is 0 Å². The summed E-state index contributed by atoms with van der Waals surface area (Å²) >= 11 is 1.96. The largest absolute Gasteiger partial charge is 0.382 e. The van der Waals surface area contributed by atoms with Crippen molar-refractivity contribution in [2.45, 2.75) is 18.1 Å². The summed E-state index contributed by atoms with van der Waals surface area (Å²) in [5.41, 5.74) is 6.52. The summed E-state index contributed by atoms with van der Waals surface area (Å²) in [5, 5.41) is 8.46. The molecule has 1 unspecified atom stereocenters.